The molecule has 72 valence electrons. The normalized spacial score (nSPS) is 10.9. The van der Waals surface area contributed by atoms with E-state index in [-0.39, 0.29) is 0 Å². The van der Waals surface area contributed by atoms with Crippen LogP contribution in [0.15, 0.2) is 48.5 Å². The smallest absolute Gasteiger partial charge is 0.128 e. The summed E-state index contributed by atoms with van der Waals surface area (Å²) >= 11 is 0. The molecule has 3 aromatic carbocycles. The first-order chi connectivity index (χ1) is 7.42. The van der Waals surface area contributed by atoms with Gasteiger partial charge in [0.05, 0.1) is 0 Å². The Bertz CT molecular complexity index is 596. The highest BCUT2D eigenvalue weighted by Crippen LogP contribution is 2.34. The minimum atomic E-state index is 0.793. The van der Waals surface area contributed by atoms with Crippen molar-refractivity contribution in [3.63, 3.8) is 0 Å². The Morgan fingerprint density at radius 2 is 1.27 bits per heavy atom. The lowest BCUT2D eigenvalue weighted by Gasteiger charge is -1.95. The number of nitrogens with one attached hydrogen (secondary N) is 1. The summed E-state index contributed by atoms with van der Waals surface area (Å²) in [4.78, 5) is 0. The van der Waals surface area contributed by atoms with Crippen molar-refractivity contribution in [2.24, 2.45) is 0 Å². The Kier molecular flexibility index (Phi) is 1.62. The first-order valence-electron chi connectivity index (χ1n) is 4.88. The Labute approximate surface area is 87.0 Å². The van der Waals surface area contributed by atoms with Crippen molar-refractivity contribution in [3.8, 4) is 0 Å². The van der Waals surface area contributed by atoms with E-state index in [4.69, 9.17) is 0 Å². The predicted molar refractivity (Wildman–Crippen MR) is 61.0 cm³/mol. The zero-order valence-electron chi connectivity index (χ0n) is 8.07. The number of fused-ring (bicyclic) bond motifs is 3. The lowest BCUT2D eigenvalue weighted by molar-refractivity contribution is -0.375. The van der Waals surface area contributed by atoms with Crippen molar-refractivity contribution in [1.82, 2.24) is 0 Å². The van der Waals surface area contributed by atoms with Gasteiger partial charge in [-0.3, -0.25) is 0 Å². The van der Waals surface area contributed by atoms with E-state index in [0.717, 1.165) is 16.5 Å². The number of nitrogens with zero attached hydrogens (tertiary/aromatic N) is 1. The van der Waals surface area contributed by atoms with Crippen LogP contribution in [0.4, 0.5) is 5.69 Å². The molecule has 0 spiro atoms. The Morgan fingerprint density at radius 3 is 1.73 bits per heavy atom. The minimum absolute atomic E-state index is 0.793. The van der Waals surface area contributed by atoms with Crippen LogP contribution in [0, 0.1) is 0 Å². The molecular formula is C13H9N2-. The molecule has 0 aliphatic heterocycles. The third-order valence-corrected chi connectivity index (χ3v) is 2.79. The molecular weight excluding hydrogens is 184 g/mol. The van der Waals surface area contributed by atoms with Gasteiger partial charge in [-0.1, -0.05) is 47.2 Å². The van der Waals surface area contributed by atoms with Crippen molar-refractivity contribution in [3.05, 3.63) is 54.1 Å². The largest absolute Gasteiger partial charge is 0.510 e. The van der Waals surface area contributed by atoms with Crippen molar-refractivity contribution < 1.29 is 5.11 Å². The molecule has 15 heavy (non-hydrogen) atoms. The third-order valence-electron chi connectivity index (χ3n) is 2.79. The SMILES string of the molecule is [N-]=[NH+][c-]1c2ccccc2c2ccccc21. The summed E-state index contributed by atoms with van der Waals surface area (Å²) in [6.45, 7) is 0. The van der Waals surface area contributed by atoms with Gasteiger partial charge in [0.2, 0.25) is 0 Å². The van der Waals surface area contributed by atoms with Gasteiger partial charge in [0.1, 0.15) is 5.69 Å². The van der Waals surface area contributed by atoms with Crippen molar-refractivity contribution >= 4 is 27.2 Å². The van der Waals surface area contributed by atoms with Gasteiger partial charge in [0, 0.05) is 0 Å². The van der Waals surface area contributed by atoms with Crippen LogP contribution in [0.1, 0.15) is 0 Å². The molecule has 0 radical (unpaired) electrons. The summed E-state index contributed by atoms with van der Waals surface area (Å²) in [5.41, 5.74) is 9.97. The van der Waals surface area contributed by atoms with Crippen molar-refractivity contribution in [1.29, 1.82) is 0 Å². The zero-order valence-corrected chi connectivity index (χ0v) is 8.07. The molecule has 0 saturated heterocycles. The molecule has 2 heteroatoms. The maximum Gasteiger partial charge on any atom is 0.128 e. The van der Waals surface area contributed by atoms with Crippen LogP contribution < -0.4 is 5.11 Å². The molecule has 0 saturated carbocycles. The van der Waals surface area contributed by atoms with Crippen LogP contribution in [0.2, 0.25) is 0 Å². The van der Waals surface area contributed by atoms with E-state index in [1.165, 1.54) is 10.8 Å². The molecule has 2 nitrogen and oxygen atoms in total. The van der Waals surface area contributed by atoms with Crippen molar-refractivity contribution in [2.75, 3.05) is 0 Å². The monoisotopic (exact) mass is 193 g/mol. The Hall–Kier alpha value is -2.09. The molecule has 0 amide bonds. The first kappa shape index (κ1) is 8.24. The first-order valence-corrected chi connectivity index (χ1v) is 4.88. The van der Waals surface area contributed by atoms with E-state index in [2.05, 4.69) is 17.2 Å². The summed E-state index contributed by atoms with van der Waals surface area (Å²) in [5.74, 6) is 0. The third kappa shape index (κ3) is 1.02. The zero-order chi connectivity index (χ0) is 10.3. The molecule has 3 rings (SSSR count). The second kappa shape index (κ2) is 2.95. The lowest BCUT2D eigenvalue weighted by Crippen LogP contribution is -2.54. The van der Waals surface area contributed by atoms with Gasteiger partial charge < -0.3 is 10.6 Å². The molecule has 0 bridgehead atoms. The maximum atomic E-state index is 9.17. The van der Waals surface area contributed by atoms with Crippen molar-refractivity contribution in [2.45, 2.75) is 0 Å². The molecule has 0 aliphatic carbocycles. The van der Waals surface area contributed by atoms with Gasteiger partial charge >= 0.3 is 0 Å². The molecule has 1 N–H and O–H groups in total. The van der Waals surface area contributed by atoms with Gasteiger partial charge in [-0.25, -0.2) is 0 Å². The molecule has 0 aromatic heterocycles. The van der Waals surface area contributed by atoms with E-state index in [0.29, 0.717) is 0 Å². The molecule has 0 unspecified atom stereocenters. The summed E-state index contributed by atoms with van der Waals surface area (Å²) in [6, 6.07) is 16.1. The quantitative estimate of drug-likeness (QED) is 0.455. The number of rotatable bonds is 1. The second-order valence-electron chi connectivity index (χ2n) is 3.58. The molecule has 0 fully saturated rings. The maximum absolute atomic E-state index is 9.17. The summed E-state index contributed by atoms with van der Waals surface area (Å²) < 4.78 is 0. The molecule has 0 heterocycles. The topological polar surface area (TPSA) is 36.3 Å². The minimum Gasteiger partial charge on any atom is -0.510 e. The van der Waals surface area contributed by atoms with Gasteiger partial charge in [-0.15, -0.1) is 22.9 Å². The lowest BCUT2D eigenvalue weighted by atomic mass is 10.2. The van der Waals surface area contributed by atoms with E-state index in [1.807, 2.05) is 36.4 Å². The second-order valence-corrected chi connectivity index (χ2v) is 3.58. The Balaban J connectivity index is 2.68. The van der Waals surface area contributed by atoms with Crippen LogP contribution in [0.5, 0.6) is 0 Å². The molecule has 0 aliphatic rings. The fourth-order valence-corrected chi connectivity index (χ4v) is 2.14. The molecule has 0 atom stereocenters. The van der Waals surface area contributed by atoms with Gasteiger partial charge in [-0.05, 0) is 0 Å². The highest BCUT2D eigenvalue weighted by atomic mass is 15.0. The average molecular weight is 193 g/mol. The standard InChI is InChI=1S/C13H9N2/c14-15-13-11-7-3-1-5-9(11)10-6-2-4-8-12(10)13/h1-8,15H/q-1. The van der Waals surface area contributed by atoms with Crippen LogP contribution in [-0.2, 0) is 0 Å². The summed E-state index contributed by atoms with van der Waals surface area (Å²) in [6.07, 6.45) is 0. The van der Waals surface area contributed by atoms with E-state index < -0.39 is 0 Å². The predicted octanol–water partition coefficient (Wildman–Crippen LogP) is 2.45. The fourth-order valence-electron chi connectivity index (χ4n) is 2.14. The van der Waals surface area contributed by atoms with Gasteiger partial charge in [0.15, 0.2) is 0 Å². The Morgan fingerprint density at radius 1 is 0.800 bits per heavy atom. The van der Waals surface area contributed by atoms with Gasteiger partial charge in [0.25, 0.3) is 0 Å². The average Bonchev–Trinajstić information content (AvgIpc) is 2.63. The van der Waals surface area contributed by atoms with Crippen LogP contribution in [0.3, 0.4) is 0 Å². The van der Waals surface area contributed by atoms with E-state index >= 15 is 0 Å². The van der Waals surface area contributed by atoms with Gasteiger partial charge in [-0.2, -0.15) is 0 Å². The van der Waals surface area contributed by atoms with Crippen LogP contribution in [0.25, 0.3) is 27.1 Å². The van der Waals surface area contributed by atoms with Crippen LogP contribution in [-0.4, -0.2) is 0 Å². The number of hydrogen-bond acceptors (Lipinski definition) is 0. The fraction of sp³-hybridized carbons (Fsp3) is 0. The van der Waals surface area contributed by atoms with E-state index in [9.17, 15) is 5.53 Å². The summed E-state index contributed by atoms with van der Waals surface area (Å²) in [7, 11) is 0. The number of hydrogen-bond donors (Lipinski definition) is 1. The van der Waals surface area contributed by atoms with E-state index in [1.54, 1.807) is 0 Å². The highest BCUT2D eigenvalue weighted by Gasteiger charge is 2.04. The highest BCUT2D eigenvalue weighted by molar-refractivity contribution is 6.19. The summed E-state index contributed by atoms with van der Waals surface area (Å²) in [5, 5.41) is 6.75. The number of benzene rings is 2. The van der Waals surface area contributed by atoms with Crippen LogP contribution >= 0.6 is 0 Å². The molecule has 3 aromatic rings.